The lowest BCUT2D eigenvalue weighted by molar-refractivity contribution is -0.113. The van der Waals surface area contributed by atoms with Crippen molar-refractivity contribution < 1.29 is 9.21 Å². The zero-order valence-corrected chi connectivity index (χ0v) is 10.4. The van der Waals surface area contributed by atoms with E-state index in [1.54, 1.807) is 25.3 Å². The molecule has 0 unspecified atom stereocenters. The second kappa shape index (κ2) is 5.50. The molecule has 0 saturated carbocycles. The summed E-state index contributed by atoms with van der Waals surface area (Å²) in [6, 6.07) is 3.59. The summed E-state index contributed by atoms with van der Waals surface area (Å²) in [5.74, 6) is 0.374. The quantitative estimate of drug-likeness (QED) is 0.796. The van der Waals surface area contributed by atoms with Gasteiger partial charge in [0.25, 0.3) is 0 Å². The molecule has 0 spiro atoms. The summed E-state index contributed by atoms with van der Waals surface area (Å²) < 4.78 is 5.03. The number of nitrogen functional groups attached to an aromatic ring is 1. The number of hydrogen-bond donors (Lipinski definition) is 2. The maximum atomic E-state index is 11.5. The number of thioether (sulfide) groups is 1. The first-order valence-corrected chi connectivity index (χ1v) is 6.06. The third-order valence-corrected chi connectivity index (χ3v) is 2.83. The van der Waals surface area contributed by atoms with Crippen LogP contribution in [0.4, 0.5) is 11.7 Å². The summed E-state index contributed by atoms with van der Waals surface area (Å²) in [6.07, 6.45) is 1.54. The molecule has 0 radical (unpaired) electrons. The van der Waals surface area contributed by atoms with Gasteiger partial charge in [0.15, 0.2) is 0 Å². The lowest BCUT2D eigenvalue weighted by Gasteiger charge is -2.00. The number of nitrogens with zero attached hydrogens (tertiary/aromatic N) is 3. The number of aryl methyl sites for hydroxylation is 1. The van der Waals surface area contributed by atoms with Crippen LogP contribution >= 0.6 is 11.8 Å². The van der Waals surface area contributed by atoms with Crippen LogP contribution in [0.15, 0.2) is 27.8 Å². The van der Waals surface area contributed by atoms with Gasteiger partial charge >= 0.3 is 6.01 Å². The second-order valence-electron chi connectivity index (χ2n) is 3.39. The predicted molar refractivity (Wildman–Crippen MR) is 67.0 cm³/mol. The second-order valence-corrected chi connectivity index (χ2v) is 4.39. The first kappa shape index (κ1) is 12.4. The first-order chi connectivity index (χ1) is 8.63. The van der Waals surface area contributed by atoms with Crippen molar-refractivity contribution in [3.05, 3.63) is 24.2 Å². The summed E-state index contributed by atoms with van der Waals surface area (Å²) in [7, 11) is 0. The molecule has 0 saturated heterocycles. The van der Waals surface area contributed by atoms with Crippen LogP contribution < -0.4 is 11.1 Å². The van der Waals surface area contributed by atoms with Crippen molar-refractivity contribution in [2.24, 2.45) is 0 Å². The third-order valence-electron chi connectivity index (χ3n) is 1.88. The number of nitrogens with one attached hydrogen (secondary N) is 1. The molecule has 3 N–H and O–H groups in total. The van der Waals surface area contributed by atoms with Crippen LogP contribution in [0.25, 0.3) is 0 Å². The highest BCUT2D eigenvalue weighted by Gasteiger charge is 2.08. The number of amides is 1. The van der Waals surface area contributed by atoms with E-state index < -0.39 is 0 Å². The van der Waals surface area contributed by atoms with Gasteiger partial charge < -0.3 is 10.2 Å². The van der Waals surface area contributed by atoms with Crippen LogP contribution in [0.3, 0.4) is 0 Å². The molecule has 0 atom stereocenters. The van der Waals surface area contributed by atoms with E-state index in [1.165, 1.54) is 11.8 Å². The molecule has 2 rings (SSSR count). The summed E-state index contributed by atoms with van der Waals surface area (Å²) in [5, 5.41) is 10.5. The number of carbonyl (C=O) groups excluding carboxylic acids is 1. The van der Waals surface area contributed by atoms with Crippen molar-refractivity contribution >= 4 is 29.4 Å². The summed E-state index contributed by atoms with van der Waals surface area (Å²) >= 11 is 1.29. The Kier molecular flexibility index (Phi) is 3.78. The number of pyridine rings is 1. The van der Waals surface area contributed by atoms with Crippen molar-refractivity contribution in [3.63, 3.8) is 0 Å². The lowest BCUT2D eigenvalue weighted by Crippen LogP contribution is -2.14. The monoisotopic (exact) mass is 265 g/mol. The van der Waals surface area contributed by atoms with E-state index in [9.17, 15) is 4.79 Å². The SMILES string of the molecule is Cc1nnc(NC(=O)CSc2ccc(N)cn2)o1. The minimum absolute atomic E-state index is 0.100. The van der Waals surface area contributed by atoms with Crippen molar-refractivity contribution in [1.82, 2.24) is 15.2 Å². The third kappa shape index (κ3) is 3.45. The molecule has 0 bridgehead atoms. The maximum Gasteiger partial charge on any atom is 0.322 e. The van der Waals surface area contributed by atoms with Crippen molar-refractivity contribution in [2.45, 2.75) is 11.9 Å². The van der Waals surface area contributed by atoms with E-state index in [0.29, 0.717) is 11.6 Å². The Morgan fingerprint density at radius 2 is 2.33 bits per heavy atom. The largest absolute Gasteiger partial charge is 0.408 e. The van der Waals surface area contributed by atoms with Gasteiger partial charge in [-0.2, -0.15) is 0 Å². The summed E-state index contributed by atoms with van der Waals surface area (Å²) in [4.78, 5) is 15.6. The highest BCUT2D eigenvalue weighted by molar-refractivity contribution is 7.99. The summed E-state index contributed by atoms with van der Waals surface area (Å²) in [6.45, 7) is 1.65. The highest BCUT2D eigenvalue weighted by atomic mass is 32.2. The van der Waals surface area contributed by atoms with Gasteiger partial charge in [0, 0.05) is 6.92 Å². The van der Waals surface area contributed by atoms with Crippen molar-refractivity contribution in [3.8, 4) is 0 Å². The molecule has 7 nitrogen and oxygen atoms in total. The van der Waals surface area contributed by atoms with Gasteiger partial charge in [0.1, 0.15) is 0 Å². The molecule has 0 aromatic carbocycles. The fourth-order valence-corrected chi connectivity index (χ4v) is 1.76. The molecule has 0 aliphatic heterocycles. The molecular weight excluding hydrogens is 254 g/mol. The molecule has 2 aromatic rings. The van der Waals surface area contributed by atoms with Crippen LogP contribution in [-0.4, -0.2) is 26.8 Å². The topological polar surface area (TPSA) is 107 Å². The predicted octanol–water partition coefficient (Wildman–Crippen LogP) is 1.09. The van der Waals surface area contributed by atoms with Gasteiger partial charge in [-0.1, -0.05) is 16.9 Å². The van der Waals surface area contributed by atoms with Gasteiger partial charge in [0.2, 0.25) is 11.8 Å². The molecule has 0 aliphatic rings. The van der Waals surface area contributed by atoms with Crippen LogP contribution in [0.2, 0.25) is 0 Å². The molecule has 2 aromatic heterocycles. The molecule has 0 aliphatic carbocycles. The first-order valence-electron chi connectivity index (χ1n) is 5.08. The van der Waals surface area contributed by atoms with E-state index in [4.69, 9.17) is 10.2 Å². The average Bonchev–Trinajstić information content (AvgIpc) is 2.74. The van der Waals surface area contributed by atoms with Gasteiger partial charge in [-0.15, -0.1) is 5.10 Å². The minimum Gasteiger partial charge on any atom is -0.408 e. The van der Waals surface area contributed by atoms with E-state index in [-0.39, 0.29) is 17.7 Å². The van der Waals surface area contributed by atoms with E-state index in [2.05, 4.69) is 20.5 Å². The van der Waals surface area contributed by atoms with Gasteiger partial charge in [-0.05, 0) is 12.1 Å². The smallest absolute Gasteiger partial charge is 0.322 e. The van der Waals surface area contributed by atoms with Gasteiger partial charge in [-0.3, -0.25) is 10.1 Å². The number of hydrogen-bond acceptors (Lipinski definition) is 7. The lowest BCUT2D eigenvalue weighted by atomic mass is 10.4. The Labute approximate surface area is 107 Å². The van der Waals surface area contributed by atoms with E-state index in [1.807, 2.05) is 0 Å². The molecule has 2 heterocycles. The van der Waals surface area contributed by atoms with Crippen LogP contribution in [0.5, 0.6) is 0 Å². The highest BCUT2D eigenvalue weighted by Crippen LogP contribution is 2.16. The Hall–Kier alpha value is -2.09. The molecule has 0 fully saturated rings. The van der Waals surface area contributed by atoms with Gasteiger partial charge in [-0.25, -0.2) is 4.98 Å². The zero-order chi connectivity index (χ0) is 13.0. The minimum atomic E-state index is -0.234. The Bertz CT molecular complexity index is 539. The van der Waals surface area contributed by atoms with Crippen molar-refractivity contribution in [2.75, 3.05) is 16.8 Å². The Morgan fingerprint density at radius 1 is 1.50 bits per heavy atom. The number of carbonyl (C=O) groups is 1. The van der Waals surface area contributed by atoms with Crippen LogP contribution in [0.1, 0.15) is 5.89 Å². The van der Waals surface area contributed by atoms with Crippen LogP contribution in [0, 0.1) is 6.92 Å². The Morgan fingerprint density at radius 3 is 2.94 bits per heavy atom. The fraction of sp³-hybridized carbons (Fsp3) is 0.200. The molecular formula is C10H11N5O2S. The number of anilines is 2. The number of aromatic nitrogens is 3. The molecule has 94 valence electrons. The molecule has 8 heteroatoms. The number of rotatable bonds is 4. The van der Waals surface area contributed by atoms with Crippen molar-refractivity contribution in [1.29, 1.82) is 0 Å². The van der Waals surface area contributed by atoms with E-state index in [0.717, 1.165) is 5.03 Å². The Balaban J connectivity index is 1.83. The van der Waals surface area contributed by atoms with E-state index >= 15 is 0 Å². The fourth-order valence-electron chi connectivity index (χ4n) is 1.12. The number of nitrogens with two attached hydrogens (primary N) is 1. The standard InChI is InChI=1S/C10H11N5O2S/c1-6-14-15-10(17-6)13-8(16)5-18-9-3-2-7(11)4-12-9/h2-4H,5,11H2,1H3,(H,13,15,16). The van der Waals surface area contributed by atoms with Gasteiger partial charge in [0.05, 0.1) is 22.7 Å². The maximum absolute atomic E-state index is 11.5. The molecule has 18 heavy (non-hydrogen) atoms. The average molecular weight is 265 g/mol. The normalized spacial score (nSPS) is 10.3. The zero-order valence-electron chi connectivity index (χ0n) is 9.58. The summed E-state index contributed by atoms with van der Waals surface area (Å²) in [5.41, 5.74) is 6.10. The van der Waals surface area contributed by atoms with Crippen LogP contribution in [-0.2, 0) is 4.79 Å². The molecule has 1 amide bonds.